The first-order chi connectivity index (χ1) is 13.2. The van der Waals surface area contributed by atoms with E-state index in [9.17, 15) is 9.59 Å². The minimum atomic E-state index is -0.448. The molecule has 0 aliphatic carbocycles. The molecule has 0 atom stereocenters. The third-order valence-corrected chi connectivity index (χ3v) is 4.39. The highest BCUT2D eigenvalue weighted by molar-refractivity contribution is 6.10. The molecule has 1 aromatic heterocycles. The predicted molar refractivity (Wildman–Crippen MR) is 104 cm³/mol. The SMILES string of the molecule is O=C(c1ccccc1)c1ccc2c(ccn2C(=O)OCc2ccccc2)c1. The van der Waals surface area contributed by atoms with Gasteiger partial charge in [-0.25, -0.2) is 4.79 Å². The zero-order valence-electron chi connectivity index (χ0n) is 14.5. The van der Waals surface area contributed by atoms with Crippen LogP contribution in [-0.2, 0) is 11.3 Å². The lowest BCUT2D eigenvalue weighted by Crippen LogP contribution is -2.12. The monoisotopic (exact) mass is 355 g/mol. The lowest BCUT2D eigenvalue weighted by atomic mass is 10.0. The fraction of sp³-hybridized carbons (Fsp3) is 0.0435. The minimum Gasteiger partial charge on any atom is -0.444 e. The quantitative estimate of drug-likeness (QED) is 0.481. The first-order valence-electron chi connectivity index (χ1n) is 8.64. The maximum atomic E-state index is 12.6. The van der Waals surface area contributed by atoms with Crippen LogP contribution in [-0.4, -0.2) is 16.4 Å². The number of hydrogen-bond donors (Lipinski definition) is 0. The average molecular weight is 355 g/mol. The van der Waals surface area contributed by atoms with Crippen LogP contribution in [0.25, 0.3) is 10.9 Å². The zero-order valence-corrected chi connectivity index (χ0v) is 14.5. The van der Waals surface area contributed by atoms with Crippen LogP contribution in [0.4, 0.5) is 4.79 Å². The van der Waals surface area contributed by atoms with Crippen molar-refractivity contribution in [1.82, 2.24) is 4.57 Å². The van der Waals surface area contributed by atoms with Gasteiger partial charge in [0.2, 0.25) is 0 Å². The van der Waals surface area contributed by atoms with Crippen molar-refractivity contribution in [2.24, 2.45) is 0 Å². The van der Waals surface area contributed by atoms with Gasteiger partial charge in [0.25, 0.3) is 0 Å². The minimum absolute atomic E-state index is 0.0445. The molecule has 4 nitrogen and oxygen atoms in total. The summed E-state index contributed by atoms with van der Waals surface area (Å²) in [4.78, 5) is 25.0. The van der Waals surface area contributed by atoms with Gasteiger partial charge in [-0.05, 0) is 29.8 Å². The molecule has 0 radical (unpaired) electrons. The topological polar surface area (TPSA) is 48.3 Å². The van der Waals surface area contributed by atoms with Crippen LogP contribution < -0.4 is 0 Å². The van der Waals surface area contributed by atoms with Crippen molar-refractivity contribution in [3.05, 3.63) is 108 Å². The van der Waals surface area contributed by atoms with Crippen molar-refractivity contribution >= 4 is 22.8 Å². The Labute approximate surface area is 156 Å². The second-order valence-electron chi connectivity index (χ2n) is 6.19. The number of carbonyl (C=O) groups is 2. The highest BCUT2D eigenvalue weighted by Crippen LogP contribution is 2.20. The average Bonchev–Trinajstić information content (AvgIpc) is 3.16. The molecule has 1 heterocycles. The van der Waals surface area contributed by atoms with Crippen molar-refractivity contribution in [3.8, 4) is 0 Å². The second-order valence-corrected chi connectivity index (χ2v) is 6.19. The molecular formula is C23H17NO3. The molecule has 0 saturated heterocycles. The standard InChI is InChI=1S/C23H17NO3/c25-22(18-9-5-2-6-10-18)20-11-12-21-19(15-20)13-14-24(21)23(26)27-16-17-7-3-1-4-8-17/h1-15H,16H2. The van der Waals surface area contributed by atoms with Crippen LogP contribution in [0, 0.1) is 0 Å². The molecule has 132 valence electrons. The number of nitrogens with zero attached hydrogens (tertiary/aromatic N) is 1. The third-order valence-electron chi connectivity index (χ3n) is 4.39. The molecule has 0 saturated carbocycles. The summed E-state index contributed by atoms with van der Waals surface area (Å²) in [6.45, 7) is 0.212. The maximum absolute atomic E-state index is 12.6. The molecule has 0 aliphatic heterocycles. The van der Waals surface area contributed by atoms with Crippen LogP contribution in [0.2, 0.25) is 0 Å². The summed E-state index contributed by atoms with van der Waals surface area (Å²) in [5, 5.41) is 0.813. The number of fused-ring (bicyclic) bond motifs is 1. The number of ether oxygens (including phenoxy) is 1. The molecule has 4 aromatic rings. The molecule has 0 N–H and O–H groups in total. The zero-order chi connectivity index (χ0) is 18.6. The van der Waals surface area contributed by atoms with E-state index in [1.54, 1.807) is 42.6 Å². The number of aromatic nitrogens is 1. The number of benzene rings is 3. The summed E-state index contributed by atoms with van der Waals surface area (Å²) < 4.78 is 6.84. The lowest BCUT2D eigenvalue weighted by Gasteiger charge is -2.07. The molecule has 3 aromatic carbocycles. The Bertz CT molecular complexity index is 1100. The van der Waals surface area contributed by atoms with Gasteiger partial charge >= 0.3 is 6.09 Å². The van der Waals surface area contributed by atoms with Crippen LogP contribution in [0.5, 0.6) is 0 Å². The molecule has 0 unspecified atom stereocenters. The molecule has 0 fully saturated rings. The van der Waals surface area contributed by atoms with E-state index in [2.05, 4.69) is 0 Å². The predicted octanol–water partition coefficient (Wildman–Crippen LogP) is 5.06. The molecule has 0 amide bonds. The fourth-order valence-electron chi connectivity index (χ4n) is 2.99. The van der Waals surface area contributed by atoms with Gasteiger partial charge in [0.05, 0.1) is 5.52 Å². The summed E-state index contributed by atoms with van der Waals surface area (Å²) in [6, 6.07) is 25.8. The summed E-state index contributed by atoms with van der Waals surface area (Å²) in [7, 11) is 0. The van der Waals surface area contributed by atoms with Gasteiger partial charge in [0, 0.05) is 22.7 Å². The molecule has 0 aliphatic rings. The van der Waals surface area contributed by atoms with E-state index in [0.717, 1.165) is 10.9 Å². The highest BCUT2D eigenvalue weighted by atomic mass is 16.5. The van der Waals surface area contributed by atoms with Gasteiger partial charge in [0.15, 0.2) is 5.78 Å². The van der Waals surface area contributed by atoms with Crippen molar-refractivity contribution < 1.29 is 14.3 Å². The number of rotatable bonds is 4. The maximum Gasteiger partial charge on any atom is 0.418 e. The van der Waals surface area contributed by atoms with Gasteiger partial charge in [-0.2, -0.15) is 0 Å². The molecule has 4 heteroatoms. The van der Waals surface area contributed by atoms with Crippen LogP contribution in [0.15, 0.2) is 91.1 Å². The van der Waals surface area contributed by atoms with E-state index in [4.69, 9.17) is 4.74 Å². The summed E-state index contributed by atoms with van der Waals surface area (Å²) in [5.74, 6) is -0.0445. The Hall–Kier alpha value is -3.66. The number of ketones is 1. The van der Waals surface area contributed by atoms with E-state index in [1.165, 1.54) is 4.57 Å². The van der Waals surface area contributed by atoms with E-state index in [0.29, 0.717) is 16.6 Å². The van der Waals surface area contributed by atoms with Crippen LogP contribution >= 0.6 is 0 Å². The largest absolute Gasteiger partial charge is 0.444 e. The Morgan fingerprint density at radius 2 is 1.48 bits per heavy atom. The normalized spacial score (nSPS) is 10.7. The first-order valence-corrected chi connectivity index (χ1v) is 8.64. The molecule has 0 bridgehead atoms. The van der Waals surface area contributed by atoms with Crippen LogP contribution in [0.1, 0.15) is 21.5 Å². The van der Waals surface area contributed by atoms with Gasteiger partial charge in [-0.1, -0.05) is 60.7 Å². The smallest absolute Gasteiger partial charge is 0.418 e. The number of carbonyl (C=O) groups excluding carboxylic acids is 2. The summed E-state index contributed by atoms with van der Waals surface area (Å²) >= 11 is 0. The highest BCUT2D eigenvalue weighted by Gasteiger charge is 2.14. The van der Waals surface area contributed by atoms with Crippen molar-refractivity contribution in [3.63, 3.8) is 0 Å². The van der Waals surface area contributed by atoms with E-state index in [-0.39, 0.29) is 12.4 Å². The van der Waals surface area contributed by atoms with E-state index in [1.807, 2.05) is 48.5 Å². The molecular weight excluding hydrogens is 338 g/mol. The Morgan fingerprint density at radius 1 is 0.778 bits per heavy atom. The van der Waals surface area contributed by atoms with Gasteiger partial charge in [-0.15, -0.1) is 0 Å². The summed E-state index contributed by atoms with van der Waals surface area (Å²) in [5.41, 5.74) is 2.86. The Balaban J connectivity index is 1.55. The van der Waals surface area contributed by atoms with Gasteiger partial charge in [0.1, 0.15) is 6.61 Å². The molecule has 0 spiro atoms. The lowest BCUT2D eigenvalue weighted by molar-refractivity contribution is 0.103. The third kappa shape index (κ3) is 3.51. The molecule has 4 rings (SSSR count). The van der Waals surface area contributed by atoms with Gasteiger partial charge in [-0.3, -0.25) is 9.36 Å². The van der Waals surface area contributed by atoms with E-state index < -0.39 is 6.09 Å². The van der Waals surface area contributed by atoms with Crippen LogP contribution in [0.3, 0.4) is 0 Å². The van der Waals surface area contributed by atoms with Crippen molar-refractivity contribution in [2.45, 2.75) is 6.61 Å². The van der Waals surface area contributed by atoms with Crippen molar-refractivity contribution in [1.29, 1.82) is 0 Å². The summed E-state index contributed by atoms with van der Waals surface area (Å²) in [6.07, 6.45) is 1.21. The first kappa shape index (κ1) is 16.8. The van der Waals surface area contributed by atoms with Gasteiger partial charge < -0.3 is 4.74 Å². The Morgan fingerprint density at radius 3 is 2.22 bits per heavy atom. The number of hydrogen-bond acceptors (Lipinski definition) is 3. The van der Waals surface area contributed by atoms with E-state index >= 15 is 0 Å². The van der Waals surface area contributed by atoms with Crippen molar-refractivity contribution in [2.75, 3.05) is 0 Å². The fourth-order valence-corrected chi connectivity index (χ4v) is 2.99. The second kappa shape index (κ2) is 7.30. The molecule has 27 heavy (non-hydrogen) atoms. The Kier molecular flexibility index (Phi) is 4.54.